The van der Waals surface area contributed by atoms with Gasteiger partial charge in [-0.05, 0) is 30.0 Å². The lowest BCUT2D eigenvalue weighted by atomic mass is 10.1. The van der Waals surface area contributed by atoms with Crippen LogP contribution in [0.2, 0.25) is 0 Å². The highest BCUT2D eigenvalue weighted by molar-refractivity contribution is 5.19. The summed E-state index contributed by atoms with van der Waals surface area (Å²) in [5.74, 6) is -3.14. The lowest BCUT2D eigenvalue weighted by Crippen LogP contribution is -2.20. The summed E-state index contributed by atoms with van der Waals surface area (Å²) in [4.78, 5) is 0. The Morgan fingerprint density at radius 2 is 1.74 bits per heavy atom. The summed E-state index contributed by atoms with van der Waals surface area (Å²) < 4.78 is 43.9. The minimum Gasteiger partial charge on any atom is -0.380 e. The Hall–Kier alpha value is -1.07. The maximum absolute atomic E-state index is 12.9. The number of hydrogen-bond acceptors (Lipinski definition) is 2. The molecule has 5 heteroatoms. The van der Waals surface area contributed by atoms with Crippen molar-refractivity contribution in [3.05, 3.63) is 35.1 Å². The predicted octanol–water partition coefficient (Wildman–Crippen LogP) is 3.26. The van der Waals surface area contributed by atoms with E-state index in [-0.39, 0.29) is 6.54 Å². The summed E-state index contributed by atoms with van der Waals surface area (Å²) in [7, 11) is 0. The molecule has 0 aliphatic carbocycles. The second-order valence-electron chi connectivity index (χ2n) is 4.85. The van der Waals surface area contributed by atoms with Crippen LogP contribution in [-0.2, 0) is 11.3 Å². The summed E-state index contributed by atoms with van der Waals surface area (Å²) >= 11 is 0. The summed E-state index contributed by atoms with van der Waals surface area (Å²) in [5.41, 5.74) is 0.374. The third-order valence-electron chi connectivity index (χ3n) is 2.64. The van der Waals surface area contributed by atoms with Crippen LogP contribution >= 0.6 is 0 Å². The summed E-state index contributed by atoms with van der Waals surface area (Å²) in [5, 5.41) is 2.98. The molecule has 19 heavy (non-hydrogen) atoms. The number of hydrogen-bond donors (Lipinski definition) is 1. The van der Waals surface area contributed by atoms with Crippen molar-refractivity contribution in [2.24, 2.45) is 5.92 Å². The number of rotatable bonds is 8. The van der Waals surface area contributed by atoms with Crippen molar-refractivity contribution in [2.75, 3.05) is 19.8 Å². The standard InChI is InChI=1S/C14H20F3NO/c1-10(2)3-5-19-6-4-18-9-11-7-12(15)14(17)13(16)8-11/h7-8,10,18H,3-6,9H2,1-2H3. The molecule has 1 aromatic rings. The van der Waals surface area contributed by atoms with Gasteiger partial charge < -0.3 is 10.1 Å². The van der Waals surface area contributed by atoms with Gasteiger partial charge in [-0.1, -0.05) is 13.8 Å². The highest BCUT2D eigenvalue weighted by Crippen LogP contribution is 2.13. The Morgan fingerprint density at radius 3 is 2.32 bits per heavy atom. The smallest absolute Gasteiger partial charge is 0.194 e. The van der Waals surface area contributed by atoms with E-state index in [1.54, 1.807) is 0 Å². The van der Waals surface area contributed by atoms with Crippen LogP contribution in [0.5, 0.6) is 0 Å². The van der Waals surface area contributed by atoms with Gasteiger partial charge in [-0.25, -0.2) is 13.2 Å². The molecule has 0 spiro atoms. The van der Waals surface area contributed by atoms with Gasteiger partial charge >= 0.3 is 0 Å². The second kappa shape index (κ2) is 8.17. The van der Waals surface area contributed by atoms with Gasteiger partial charge in [0, 0.05) is 19.7 Å². The molecule has 0 aliphatic heterocycles. The van der Waals surface area contributed by atoms with Crippen molar-refractivity contribution in [1.82, 2.24) is 5.32 Å². The van der Waals surface area contributed by atoms with Crippen LogP contribution in [0.15, 0.2) is 12.1 Å². The normalized spacial score (nSPS) is 11.3. The molecule has 1 N–H and O–H groups in total. The Morgan fingerprint density at radius 1 is 1.11 bits per heavy atom. The fourth-order valence-corrected chi connectivity index (χ4v) is 1.51. The number of nitrogens with one attached hydrogen (secondary N) is 1. The van der Waals surface area contributed by atoms with Crippen LogP contribution < -0.4 is 5.32 Å². The minimum absolute atomic E-state index is 0.279. The Labute approximate surface area is 112 Å². The van der Waals surface area contributed by atoms with Gasteiger partial charge in [0.2, 0.25) is 0 Å². The number of halogens is 3. The molecule has 0 radical (unpaired) electrons. The molecule has 0 saturated carbocycles. The van der Waals surface area contributed by atoms with Crippen LogP contribution in [0, 0.1) is 23.4 Å². The molecule has 0 atom stereocenters. The zero-order valence-corrected chi connectivity index (χ0v) is 11.3. The van der Waals surface area contributed by atoms with E-state index in [4.69, 9.17) is 4.74 Å². The van der Waals surface area contributed by atoms with E-state index >= 15 is 0 Å². The van der Waals surface area contributed by atoms with E-state index in [1.165, 1.54) is 0 Å². The fraction of sp³-hybridized carbons (Fsp3) is 0.571. The van der Waals surface area contributed by atoms with E-state index in [1.807, 2.05) is 0 Å². The van der Waals surface area contributed by atoms with Gasteiger partial charge in [-0.2, -0.15) is 0 Å². The average Bonchev–Trinajstić information content (AvgIpc) is 2.34. The Bertz CT molecular complexity index is 373. The van der Waals surface area contributed by atoms with Crippen molar-refractivity contribution >= 4 is 0 Å². The first-order chi connectivity index (χ1) is 9.00. The first-order valence-corrected chi connectivity index (χ1v) is 6.42. The molecule has 0 fully saturated rings. The summed E-state index contributed by atoms with van der Waals surface area (Å²) in [6.07, 6.45) is 1.01. The van der Waals surface area contributed by atoms with Crippen molar-refractivity contribution in [3.63, 3.8) is 0 Å². The molecule has 108 valence electrons. The molecule has 0 heterocycles. The van der Waals surface area contributed by atoms with Gasteiger partial charge in [0.15, 0.2) is 17.5 Å². The topological polar surface area (TPSA) is 21.3 Å². The predicted molar refractivity (Wildman–Crippen MR) is 68.3 cm³/mol. The molecule has 0 saturated heterocycles. The van der Waals surface area contributed by atoms with Gasteiger partial charge in [0.05, 0.1) is 6.61 Å². The summed E-state index contributed by atoms with van der Waals surface area (Å²) in [6.45, 7) is 6.36. The average molecular weight is 275 g/mol. The van der Waals surface area contributed by atoms with Crippen molar-refractivity contribution in [1.29, 1.82) is 0 Å². The lowest BCUT2D eigenvalue weighted by molar-refractivity contribution is 0.125. The maximum atomic E-state index is 12.9. The molecular formula is C14H20F3NO. The number of benzene rings is 1. The van der Waals surface area contributed by atoms with Gasteiger partial charge in [-0.15, -0.1) is 0 Å². The van der Waals surface area contributed by atoms with Crippen LogP contribution in [0.3, 0.4) is 0 Å². The maximum Gasteiger partial charge on any atom is 0.194 e. The quantitative estimate of drug-likeness (QED) is 0.581. The van der Waals surface area contributed by atoms with Gasteiger partial charge in [0.25, 0.3) is 0 Å². The molecule has 1 aromatic carbocycles. The molecule has 0 amide bonds. The Balaban J connectivity index is 2.19. The first-order valence-electron chi connectivity index (χ1n) is 6.42. The van der Waals surface area contributed by atoms with Crippen molar-refractivity contribution < 1.29 is 17.9 Å². The Kier molecular flexibility index (Phi) is 6.87. The van der Waals surface area contributed by atoms with E-state index in [2.05, 4.69) is 19.2 Å². The first kappa shape index (κ1) is 16.0. The van der Waals surface area contributed by atoms with Crippen LogP contribution in [0.25, 0.3) is 0 Å². The van der Waals surface area contributed by atoms with Crippen LogP contribution in [0.4, 0.5) is 13.2 Å². The molecule has 2 nitrogen and oxygen atoms in total. The minimum atomic E-state index is -1.43. The molecule has 0 aromatic heterocycles. The van der Waals surface area contributed by atoms with Crippen LogP contribution in [-0.4, -0.2) is 19.8 Å². The molecule has 1 rings (SSSR count). The fourth-order valence-electron chi connectivity index (χ4n) is 1.51. The molecule has 0 bridgehead atoms. The zero-order chi connectivity index (χ0) is 14.3. The van der Waals surface area contributed by atoms with Crippen molar-refractivity contribution in [3.8, 4) is 0 Å². The highest BCUT2D eigenvalue weighted by atomic mass is 19.2. The molecule has 0 aliphatic rings. The zero-order valence-electron chi connectivity index (χ0n) is 11.3. The van der Waals surface area contributed by atoms with Crippen molar-refractivity contribution in [2.45, 2.75) is 26.8 Å². The number of ether oxygens (including phenoxy) is 1. The van der Waals surface area contributed by atoms with E-state index in [9.17, 15) is 13.2 Å². The second-order valence-corrected chi connectivity index (χ2v) is 4.85. The van der Waals surface area contributed by atoms with Gasteiger partial charge in [-0.3, -0.25) is 0 Å². The van der Waals surface area contributed by atoms with Crippen LogP contribution in [0.1, 0.15) is 25.8 Å². The summed E-state index contributed by atoms with van der Waals surface area (Å²) in [6, 6.07) is 1.98. The SMILES string of the molecule is CC(C)CCOCCNCc1cc(F)c(F)c(F)c1. The largest absolute Gasteiger partial charge is 0.380 e. The molecular weight excluding hydrogens is 255 g/mol. The van der Waals surface area contributed by atoms with E-state index in [0.29, 0.717) is 31.2 Å². The molecule has 0 unspecified atom stereocenters. The lowest BCUT2D eigenvalue weighted by Gasteiger charge is -2.08. The monoisotopic (exact) mass is 275 g/mol. The van der Waals surface area contributed by atoms with Gasteiger partial charge in [0.1, 0.15) is 0 Å². The third-order valence-corrected chi connectivity index (χ3v) is 2.64. The highest BCUT2D eigenvalue weighted by Gasteiger charge is 2.09. The van der Waals surface area contributed by atoms with E-state index in [0.717, 1.165) is 18.6 Å². The third kappa shape index (κ3) is 6.07. The van der Waals surface area contributed by atoms with E-state index < -0.39 is 17.5 Å².